The van der Waals surface area contributed by atoms with Gasteiger partial charge in [-0.05, 0) is 45.0 Å². The summed E-state index contributed by atoms with van der Waals surface area (Å²) in [7, 11) is 0. The van der Waals surface area contributed by atoms with Gasteiger partial charge in [0, 0.05) is 47.9 Å². The van der Waals surface area contributed by atoms with Gasteiger partial charge in [-0.25, -0.2) is 4.98 Å². The van der Waals surface area contributed by atoms with Gasteiger partial charge in [0.25, 0.3) is 0 Å². The van der Waals surface area contributed by atoms with Crippen LogP contribution in [-0.4, -0.2) is 40.7 Å². The van der Waals surface area contributed by atoms with Crippen LogP contribution in [0.5, 0.6) is 0 Å². The molecule has 0 aliphatic rings. The molecule has 30 heavy (non-hydrogen) atoms. The Bertz CT molecular complexity index is 937. The first-order valence-corrected chi connectivity index (χ1v) is 10.8. The van der Waals surface area contributed by atoms with Gasteiger partial charge in [-0.15, -0.1) is 35.3 Å². The van der Waals surface area contributed by atoms with Crippen molar-refractivity contribution < 1.29 is 4.52 Å². The number of nitrogens with one attached hydrogen (secondary N) is 2. The smallest absolute Gasteiger partial charge is 0.228 e. The van der Waals surface area contributed by atoms with Gasteiger partial charge in [0.2, 0.25) is 11.7 Å². The second kappa shape index (κ2) is 12.2. The van der Waals surface area contributed by atoms with E-state index in [1.165, 1.54) is 4.88 Å². The lowest BCUT2D eigenvalue weighted by atomic mass is 10.2. The Morgan fingerprint density at radius 1 is 1.13 bits per heavy atom. The van der Waals surface area contributed by atoms with E-state index in [9.17, 15) is 0 Å². The molecule has 0 bridgehead atoms. The van der Waals surface area contributed by atoms with E-state index >= 15 is 0 Å². The lowest BCUT2D eigenvalue weighted by Gasteiger charge is -2.09. The van der Waals surface area contributed by atoms with Crippen molar-refractivity contribution in [3.8, 4) is 11.4 Å². The summed E-state index contributed by atoms with van der Waals surface area (Å²) in [5.74, 6) is 1.91. The molecular weight excluding hydrogens is 535 g/mol. The van der Waals surface area contributed by atoms with Crippen LogP contribution in [0.2, 0.25) is 5.02 Å². The Labute approximate surface area is 202 Å². The number of hydrogen-bond acceptors (Lipinski definition) is 6. The van der Waals surface area contributed by atoms with Crippen molar-refractivity contribution in [2.24, 2.45) is 4.99 Å². The van der Waals surface area contributed by atoms with Crippen molar-refractivity contribution in [2.75, 3.05) is 19.6 Å². The van der Waals surface area contributed by atoms with Crippen LogP contribution in [-0.2, 0) is 12.8 Å². The van der Waals surface area contributed by atoms with Gasteiger partial charge in [-0.1, -0.05) is 16.8 Å². The maximum absolute atomic E-state index is 5.91. The van der Waals surface area contributed by atoms with Crippen molar-refractivity contribution in [1.29, 1.82) is 0 Å². The van der Waals surface area contributed by atoms with Gasteiger partial charge in [0.05, 0.1) is 10.7 Å². The zero-order chi connectivity index (χ0) is 20.6. The van der Waals surface area contributed by atoms with E-state index in [0.29, 0.717) is 36.2 Å². The maximum atomic E-state index is 5.91. The highest BCUT2D eigenvalue weighted by Crippen LogP contribution is 2.19. The van der Waals surface area contributed by atoms with Gasteiger partial charge >= 0.3 is 0 Å². The van der Waals surface area contributed by atoms with Crippen LogP contribution in [0.4, 0.5) is 0 Å². The number of rotatable bonds is 8. The van der Waals surface area contributed by atoms with Crippen LogP contribution in [0.1, 0.15) is 28.4 Å². The monoisotopic (exact) mass is 560 g/mol. The number of thiazole rings is 1. The zero-order valence-corrected chi connectivity index (χ0v) is 21.1. The van der Waals surface area contributed by atoms with Crippen molar-refractivity contribution in [2.45, 2.75) is 33.6 Å². The maximum Gasteiger partial charge on any atom is 0.228 e. The van der Waals surface area contributed by atoms with Gasteiger partial charge in [0.15, 0.2) is 5.96 Å². The second-order valence-electron chi connectivity index (χ2n) is 6.46. The first kappa shape index (κ1) is 24.5. The number of aryl methyl sites for hydroxylation is 2. The zero-order valence-electron chi connectivity index (χ0n) is 17.2. The third kappa shape index (κ3) is 7.21. The molecule has 0 fully saturated rings. The predicted molar refractivity (Wildman–Crippen MR) is 133 cm³/mol. The molecule has 1 aromatic carbocycles. The number of aromatic nitrogens is 3. The summed E-state index contributed by atoms with van der Waals surface area (Å²) in [6, 6.07) is 7.36. The van der Waals surface area contributed by atoms with Gasteiger partial charge < -0.3 is 15.2 Å². The highest BCUT2D eigenvalue weighted by molar-refractivity contribution is 14.0. The van der Waals surface area contributed by atoms with E-state index in [-0.39, 0.29) is 24.0 Å². The molecule has 10 heteroatoms. The Hall–Kier alpha value is -1.72. The predicted octanol–water partition coefficient (Wildman–Crippen LogP) is 4.42. The summed E-state index contributed by atoms with van der Waals surface area (Å²) in [6.45, 7) is 8.30. The summed E-state index contributed by atoms with van der Waals surface area (Å²) in [6.07, 6.45) is 1.44. The molecule has 2 heterocycles. The van der Waals surface area contributed by atoms with E-state index in [1.54, 1.807) is 11.3 Å². The average Bonchev–Trinajstić information content (AvgIpc) is 3.29. The minimum Gasteiger partial charge on any atom is -0.357 e. The summed E-state index contributed by atoms with van der Waals surface area (Å²) in [5, 5.41) is 12.4. The van der Waals surface area contributed by atoms with Crippen molar-refractivity contribution >= 4 is 52.9 Å². The van der Waals surface area contributed by atoms with Gasteiger partial charge in [-0.2, -0.15) is 4.98 Å². The highest BCUT2D eigenvalue weighted by atomic mass is 127. The van der Waals surface area contributed by atoms with Crippen LogP contribution in [0, 0.1) is 13.8 Å². The number of aliphatic imine (C=N–C) groups is 1. The molecule has 0 unspecified atom stereocenters. The van der Waals surface area contributed by atoms with Gasteiger partial charge in [-0.3, -0.25) is 4.99 Å². The summed E-state index contributed by atoms with van der Waals surface area (Å²) in [5.41, 5.74) is 1.98. The Balaban J connectivity index is 0.00000320. The molecule has 0 aliphatic heterocycles. The van der Waals surface area contributed by atoms with Crippen LogP contribution in [0.15, 0.2) is 33.8 Å². The van der Waals surface area contributed by atoms with Crippen LogP contribution in [0.3, 0.4) is 0 Å². The standard InChI is InChI=1S/C20H25ClN6OS.HI/c1-4-22-20(24-12-10-18-25-13(2)14(3)29-18)23-11-9-17-26-19(27-28-17)15-5-7-16(21)8-6-15;/h5-8H,4,9-12H2,1-3H3,(H2,22,23,24);1H. The largest absolute Gasteiger partial charge is 0.357 e. The Morgan fingerprint density at radius 3 is 2.57 bits per heavy atom. The topological polar surface area (TPSA) is 88.2 Å². The van der Waals surface area contributed by atoms with Crippen LogP contribution in [0.25, 0.3) is 11.4 Å². The molecule has 0 atom stereocenters. The fourth-order valence-electron chi connectivity index (χ4n) is 2.61. The average molecular weight is 561 g/mol. The molecule has 0 saturated heterocycles. The fraction of sp³-hybridized carbons (Fsp3) is 0.400. The summed E-state index contributed by atoms with van der Waals surface area (Å²) < 4.78 is 5.34. The molecule has 0 spiro atoms. The van der Waals surface area contributed by atoms with E-state index in [0.717, 1.165) is 35.2 Å². The number of guanidine groups is 1. The van der Waals surface area contributed by atoms with Crippen LogP contribution < -0.4 is 10.6 Å². The Kier molecular flexibility index (Phi) is 9.99. The highest BCUT2D eigenvalue weighted by Gasteiger charge is 2.09. The molecule has 2 N–H and O–H groups in total. The number of nitrogens with zero attached hydrogens (tertiary/aromatic N) is 4. The second-order valence-corrected chi connectivity index (χ2v) is 8.18. The minimum absolute atomic E-state index is 0. The lowest BCUT2D eigenvalue weighted by Crippen LogP contribution is -2.38. The van der Waals surface area contributed by atoms with Gasteiger partial charge in [0.1, 0.15) is 0 Å². The fourth-order valence-corrected chi connectivity index (χ4v) is 3.66. The number of halogens is 2. The molecule has 3 aromatic rings. The number of benzene rings is 1. The normalized spacial score (nSPS) is 11.3. The summed E-state index contributed by atoms with van der Waals surface area (Å²) in [4.78, 5) is 14.9. The first-order chi connectivity index (χ1) is 14.0. The quantitative estimate of drug-likeness (QED) is 0.241. The van der Waals surface area contributed by atoms with E-state index in [2.05, 4.69) is 37.7 Å². The molecule has 0 radical (unpaired) electrons. The van der Waals surface area contributed by atoms with E-state index in [4.69, 9.17) is 16.1 Å². The van der Waals surface area contributed by atoms with Crippen molar-refractivity contribution in [3.63, 3.8) is 0 Å². The van der Waals surface area contributed by atoms with E-state index in [1.807, 2.05) is 38.1 Å². The minimum atomic E-state index is 0. The van der Waals surface area contributed by atoms with E-state index < -0.39 is 0 Å². The molecule has 7 nitrogen and oxygen atoms in total. The molecular formula is C20H26ClIN6OS. The summed E-state index contributed by atoms with van der Waals surface area (Å²) >= 11 is 7.65. The lowest BCUT2D eigenvalue weighted by molar-refractivity contribution is 0.378. The molecule has 0 amide bonds. The first-order valence-electron chi connectivity index (χ1n) is 9.58. The number of hydrogen-bond donors (Lipinski definition) is 2. The molecule has 0 aliphatic carbocycles. The van der Waals surface area contributed by atoms with Crippen LogP contribution >= 0.6 is 46.9 Å². The molecule has 3 rings (SSSR count). The third-order valence-electron chi connectivity index (χ3n) is 4.21. The van der Waals surface area contributed by atoms with Crippen molar-refractivity contribution in [3.05, 3.63) is 50.8 Å². The SMILES string of the molecule is CCNC(=NCCc1nc(C)c(C)s1)NCCc1nc(-c2ccc(Cl)cc2)no1.I. The van der Waals surface area contributed by atoms with Crippen molar-refractivity contribution in [1.82, 2.24) is 25.8 Å². The molecule has 2 aromatic heterocycles. The molecule has 162 valence electrons. The molecule has 0 saturated carbocycles. The third-order valence-corrected chi connectivity index (χ3v) is 5.60. The Morgan fingerprint density at radius 2 is 1.90 bits per heavy atom.